The molecule has 0 fully saturated rings. The van der Waals surface area contributed by atoms with E-state index in [0.29, 0.717) is 27.0 Å². The van der Waals surface area contributed by atoms with E-state index in [1.165, 1.54) is 25.6 Å². The van der Waals surface area contributed by atoms with Gasteiger partial charge in [0.25, 0.3) is 11.8 Å². The highest BCUT2D eigenvalue weighted by Crippen LogP contribution is 2.38. The molecule has 0 unspecified atom stereocenters. The standard InChI is InChI=1S/C22H16F2N2O4S/c1-29-13-6-8-15(17(11-13)30-2)25-20-19(18-4-3-9-31-18)21(27)26(22(20)28)16-10-12(23)5-7-14(16)24/h3-11,25H,1-2H3. The molecule has 31 heavy (non-hydrogen) atoms. The van der Waals surface area contributed by atoms with Crippen LogP contribution in [0.1, 0.15) is 4.88 Å². The third-order valence-corrected chi connectivity index (χ3v) is 5.56. The Labute approximate surface area is 180 Å². The Morgan fingerprint density at radius 3 is 2.45 bits per heavy atom. The third-order valence-electron chi connectivity index (χ3n) is 4.67. The van der Waals surface area contributed by atoms with Crippen molar-refractivity contribution in [3.05, 3.63) is 76.1 Å². The van der Waals surface area contributed by atoms with Gasteiger partial charge < -0.3 is 14.8 Å². The number of amides is 2. The van der Waals surface area contributed by atoms with E-state index in [4.69, 9.17) is 9.47 Å². The van der Waals surface area contributed by atoms with Crippen molar-refractivity contribution in [1.82, 2.24) is 0 Å². The van der Waals surface area contributed by atoms with Gasteiger partial charge in [0.15, 0.2) is 0 Å². The van der Waals surface area contributed by atoms with Crippen molar-refractivity contribution < 1.29 is 27.8 Å². The van der Waals surface area contributed by atoms with Crippen molar-refractivity contribution in [2.24, 2.45) is 0 Å². The first-order valence-corrected chi connectivity index (χ1v) is 9.93. The minimum atomic E-state index is -0.892. The first kappa shape index (κ1) is 20.5. The molecule has 1 aliphatic heterocycles. The Morgan fingerprint density at radius 1 is 0.968 bits per heavy atom. The zero-order valence-corrected chi connectivity index (χ0v) is 17.3. The molecular weight excluding hydrogens is 426 g/mol. The molecule has 0 spiro atoms. The number of hydrogen-bond acceptors (Lipinski definition) is 6. The number of nitrogens with one attached hydrogen (secondary N) is 1. The number of halogens is 2. The monoisotopic (exact) mass is 442 g/mol. The van der Waals surface area contributed by atoms with Gasteiger partial charge in [-0.25, -0.2) is 13.7 Å². The van der Waals surface area contributed by atoms with Gasteiger partial charge in [-0.1, -0.05) is 6.07 Å². The summed E-state index contributed by atoms with van der Waals surface area (Å²) in [6.45, 7) is 0. The number of rotatable bonds is 6. The summed E-state index contributed by atoms with van der Waals surface area (Å²) in [5, 5.41) is 4.69. The van der Waals surface area contributed by atoms with Crippen molar-refractivity contribution in [3.63, 3.8) is 0 Å². The van der Waals surface area contributed by atoms with Gasteiger partial charge in [-0.05, 0) is 35.7 Å². The van der Waals surface area contributed by atoms with Gasteiger partial charge in [0.05, 0.1) is 31.2 Å². The maximum Gasteiger partial charge on any atom is 0.282 e. The molecule has 6 nitrogen and oxygen atoms in total. The lowest BCUT2D eigenvalue weighted by molar-refractivity contribution is -0.120. The van der Waals surface area contributed by atoms with Crippen LogP contribution in [0.5, 0.6) is 11.5 Å². The summed E-state index contributed by atoms with van der Waals surface area (Å²) in [4.78, 5) is 27.6. The van der Waals surface area contributed by atoms with Crippen molar-refractivity contribution in [2.75, 3.05) is 24.4 Å². The number of hydrogen-bond donors (Lipinski definition) is 1. The highest BCUT2D eigenvalue weighted by molar-refractivity contribution is 7.11. The minimum absolute atomic E-state index is 0.0570. The summed E-state index contributed by atoms with van der Waals surface area (Å²) in [5.41, 5.74) is -0.0706. The number of benzene rings is 2. The van der Waals surface area contributed by atoms with Crippen molar-refractivity contribution in [2.45, 2.75) is 0 Å². The molecule has 1 aliphatic rings. The molecule has 9 heteroatoms. The summed E-state index contributed by atoms with van der Waals surface area (Å²) in [7, 11) is 2.95. The molecule has 158 valence electrons. The van der Waals surface area contributed by atoms with Crippen LogP contribution < -0.4 is 19.7 Å². The smallest absolute Gasteiger partial charge is 0.282 e. The molecule has 0 bridgehead atoms. The average Bonchev–Trinajstić information content (AvgIpc) is 3.37. The lowest BCUT2D eigenvalue weighted by Crippen LogP contribution is -2.33. The van der Waals surface area contributed by atoms with Crippen LogP contribution in [0.3, 0.4) is 0 Å². The number of ether oxygens (including phenoxy) is 2. The Bertz CT molecular complexity index is 1210. The van der Waals surface area contributed by atoms with Crippen LogP contribution in [-0.4, -0.2) is 26.0 Å². The van der Waals surface area contributed by atoms with Crippen LogP contribution in [0.25, 0.3) is 5.57 Å². The number of thiophene rings is 1. The topological polar surface area (TPSA) is 67.9 Å². The molecular formula is C22H16F2N2O4S. The van der Waals surface area contributed by atoms with E-state index in [1.54, 1.807) is 35.7 Å². The number of anilines is 2. The third kappa shape index (κ3) is 3.64. The van der Waals surface area contributed by atoms with E-state index in [9.17, 15) is 18.4 Å². The normalized spacial score (nSPS) is 13.7. The summed E-state index contributed by atoms with van der Waals surface area (Å²) in [6, 6.07) is 10.9. The summed E-state index contributed by atoms with van der Waals surface area (Å²) >= 11 is 1.24. The van der Waals surface area contributed by atoms with Gasteiger partial charge >= 0.3 is 0 Å². The van der Waals surface area contributed by atoms with Crippen LogP contribution in [0.15, 0.2) is 59.6 Å². The van der Waals surface area contributed by atoms with E-state index < -0.39 is 29.1 Å². The Morgan fingerprint density at radius 2 is 1.77 bits per heavy atom. The molecule has 0 saturated carbocycles. The van der Waals surface area contributed by atoms with Crippen LogP contribution in [0.2, 0.25) is 0 Å². The molecule has 3 aromatic rings. The number of methoxy groups -OCH3 is 2. The summed E-state index contributed by atoms with van der Waals surface area (Å²) in [5.74, 6) is -2.33. The molecule has 1 aromatic heterocycles. The van der Waals surface area contributed by atoms with Gasteiger partial charge in [-0.15, -0.1) is 11.3 Å². The number of imide groups is 1. The Balaban J connectivity index is 1.83. The fourth-order valence-corrected chi connectivity index (χ4v) is 3.98. The van der Waals surface area contributed by atoms with E-state index in [0.717, 1.165) is 18.2 Å². The van der Waals surface area contributed by atoms with Crippen LogP contribution >= 0.6 is 11.3 Å². The predicted octanol–water partition coefficient (Wildman–Crippen LogP) is 4.44. The number of nitrogens with zero attached hydrogens (tertiary/aromatic N) is 1. The van der Waals surface area contributed by atoms with Crippen molar-refractivity contribution >= 4 is 40.1 Å². The molecule has 0 radical (unpaired) electrons. The van der Waals surface area contributed by atoms with Crippen molar-refractivity contribution in [3.8, 4) is 11.5 Å². The maximum atomic E-state index is 14.4. The second-order valence-electron chi connectivity index (χ2n) is 6.46. The van der Waals surface area contributed by atoms with Crippen LogP contribution in [0, 0.1) is 11.6 Å². The predicted molar refractivity (Wildman–Crippen MR) is 113 cm³/mol. The average molecular weight is 442 g/mol. The molecule has 0 saturated heterocycles. The maximum absolute atomic E-state index is 14.4. The Hall–Kier alpha value is -3.72. The summed E-state index contributed by atoms with van der Waals surface area (Å²) < 4.78 is 38.7. The van der Waals surface area contributed by atoms with E-state index in [-0.39, 0.29) is 11.3 Å². The van der Waals surface area contributed by atoms with E-state index >= 15 is 0 Å². The first-order chi connectivity index (χ1) is 14.9. The lowest BCUT2D eigenvalue weighted by atomic mass is 10.1. The highest BCUT2D eigenvalue weighted by atomic mass is 32.1. The minimum Gasteiger partial charge on any atom is -0.497 e. The van der Waals surface area contributed by atoms with Gasteiger partial charge in [0.1, 0.15) is 28.8 Å². The van der Waals surface area contributed by atoms with Gasteiger partial charge in [0.2, 0.25) is 0 Å². The lowest BCUT2D eigenvalue weighted by Gasteiger charge is -2.17. The second-order valence-corrected chi connectivity index (χ2v) is 7.41. The first-order valence-electron chi connectivity index (χ1n) is 9.05. The number of carbonyl (C=O) groups is 2. The fraction of sp³-hybridized carbons (Fsp3) is 0.0909. The van der Waals surface area contributed by atoms with Crippen molar-refractivity contribution in [1.29, 1.82) is 0 Å². The molecule has 0 atom stereocenters. The Kier molecular flexibility index (Phi) is 5.43. The zero-order valence-electron chi connectivity index (χ0n) is 16.4. The number of carbonyl (C=O) groups excluding carboxylic acids is 2. The molecule has 0 aliphatic carbocycles. The zero-order chi connectivity index (χ0) is 22.1. The molecule has 2 heterocycles. The second kappa shape index (κ2) is 8.19. The molecule has 2 aromatic carbocycles. The quantitative estimate of drug-likeness (QED) is 0.572. The molecule has 4 rings (SSSR count). The van der Waals surface area contributed by atoms with Crippen LogP contribution in [0.4, 0.5) is 20.2 Å². The fourth-order valence-electron chi connectivity index (χ4n) is 3.21. The van der Waals surface area contributed by atoms with E-state index in [2.05, 4.69) is 5.32 Å². The molecule has 2 amide bonds. The SMILES string of the molecule is COc1ccc(NC2=C(c3cccs3)C(=O)N(c3cc(F)ccc3F)C2=O)c(OC)c1. The highest BCUT2D eigenvalue weighted by Gasteiger charge is 2.42. The van der Waals surface area contributed by atoms with Gasteiger partial charge in [-0.2, -0.15) is 0 Å². The summed E-state index contributed by atoms with van der Waals surface area (Å²) in [6.07, 6.45) is 0. The van der Waals surface area contributed by atoms with Gasteiger partial charge in [-0.3, -0.25) is 9.59 Å². The van der Waals surface area contributed by atoms with Crippen LogP contribution in [-0.2, 0) is 9.59 Å². The van der Waals surface area contributed by atoms with E-state index in [1.807, 2.05) is 0 Å². The van der Waals surface area contributed by atoms with Gasteiger partial charge in [0, 0.05) is 17.0 Å². The largest absolute Gasteiger partial charge is 0.497 e. The molecule has 1 N–H and O–H groups in total.